The van der Waals surface area contributed by atoms with Gasteiger partial charge in [0.25, 0.3) is 0 Å². The van der Waals surface area contributed by atoms with Crippen LogP contribution in [0.5, 0.6) is 5.75 Å². The van der Waals surface area contributed by atoms with Crippen molar-refractivity contribution in [1.82, 2.24) is 9.80 Å². The highest BCUT2D eigenvalue weighted by atomic mass is 79.9. The summed E-state index contributed by atoms with van der Waals surface area (Å²) in [5.74, 6) is -0.0338. The second-order valence-electron chi connectivity index (χ2n) is 4.78. The Morgan fingerprint density at radius 1 is 1.30 bits per heavy atom. The first-order valence-corrected chi connectivity index (χ1v) is 7.24. The SMILES string of the molecule is CN(C)CCN(CCOc1cccc(Br)c1)CC(=O)O. The van der Waals surface area contributed by atoms with E-state index in [0.717, 1.165) is 16.8 Å². The van der Waals surface area contributed by atoms with Crippen LogP contribution in [0.3, 0.4) is 0 Å². The lowest BCUT2D eigenvalue weighted by Crippen LogP contribution is -2.38. The van der Waals surface area contributed by atoms with Crippen LogP contribution in [-0.2, 0) is 4.79 Å². The minimum absolute atomic E-state index is 0.0374. The van der Waals surface area contributed by atoms with Gasteiger partial charge >= 0.3 is 5.97 Å². The van der Waals surface area contributed by atoms with Gasteiger partial charge in [0.2, 0.25) is 0 Å². The van der Waals surface area contributed by atoms with E-state index in [-0.39, 0.29) is 6.54 Å². The summed E-state index contributed by atoms with van der Waals surface area (Å²) in [7, 11) is 3.94. The third-order valence-electron chi connectivity index (χ3n) is 2.69. The Hall–Kier alpha value is -1.11. The van der Waals surface area contributed by atoms with E-state index in [1.165, 1.54) is 0 Å². The molecule has 0 aliphatic rings. The molecule has 0 spiro atoms. The molecular weight excluding hydrogens is 324 g/mol. The van der Waals surface area contributed by atoms with Crippen LogP contribution in [0.1, 0.15) is 0 Å². The average Bonchev–Trinajstić information content (AvgIpc) is 2.35. The summed E-state index contributed by atoms with van der Waals surface area (Å²) in [6.07, 6.45) is 0. The van der Waals surface area contributed by atoms with E-state index in [9.17, 15) is 4.79 Å². The van der Waals surface area contributed by atoms with Gasteiger partial charge in [0.05, 0.1) is 6.54 Å². The maximum Gasteiger partial charge on any atom is 0.317 e. The van der Waals surface area contributed by atoms with Gasteiger partial charge in [-0.2, -0.15) is 0 Å². The van der Waals surface area contributed by atoms with E-state index in [1.54, 1.807) is 0 Å². The molecule has 0 atom stereocenters. The molecule has 1 aromatic carbocycles. The van der Waals surface area contributed by atoms with Crippen LogP contribution in [0.2, 0.25) is 0 Å². The Balaban J connectivity index is 2.38. The summed E-state index contributed by atoms with van der Waals surface area (Å²) in [6, 6.07) is 7.61. The number of rotatable bonds is 9. The van der Waals surface area contributed by atoms with E-state index >= 15 is 0 Å². The highest BCUT2D eigenvalue weighted by Crippen LogP contribution is 2.17. The number of carboxylic acid groups (broad SMARTS) is 1. The summed E-state index contributed by atoms with van der Waals surface area (Å²) in [4.78, 5) is 14.7. The molecule has 0 heterocycles. The van der Waals surface area contributed by atoms with Crippen molar-refractivity contribution in [2.75, 3.05) is 46.9 Å². The van der Waals surface area contributed by atoms with Crippen LogP contribution in [0, 0.1) is 0 Å². The summed E-state index contributed by atoms with van der Waals surface area (Å²) in [5.41, 5.74) is 0. The van der Waals surface area contributed by atoms with Gasteiger partial charge < -0.3 is 14.7 Å². The Morgan fingerprint density at radius 3 is 2.65 bits per heavy atom. The molecule has 1 N–H and O–H groups in total. The van der Waals surface area contributed by atoms with Crippen LogP contribution in [-0.4, -0.2) is 67.8 Å². The third kappa shape index (κ3) is 7.47. The van der Waals surface area contributed by atoms with Crippen LogP contribution in [0.15, 0.2) is 28.7 Å². The fraction of sp³-hybridized carbons (Fsp3) is 0.500. The second-order valence-corrected chi connectivity index (χ2v) is 5.69. The van der Waals surface area contributed by atoms with Crippen molar-refractivity contribution in [3.05, 3.63) is 28.7 Å². The monoisotopic (exact) mass is 344 g/mol. The van der Waals surface area contributed by atoms with Gasteiger partial charge in [-0.3, -0.25) is 9.69 Å². The first-order chi connectivity index (χ1) is 9.47. The van der Waals surface area contributed by atoms with Crippen LogP contribution in [0.25, 0.3) is 0 Å². The molecule has 0 saturated carbocycles. The number of hydrogen-bond acceptors (Lipinski definition) is 4. The topological polar surface area (TPSA) is 53.0 Å². The maximum atomic E-state index is 10.8. The zero-order valence-corrected chi connectivity index (χ0v) is 13.5. The molecule has 1 aromatic rings. The third-order valence-corrected chi connectivity index (χ3v) is 3.19. The van der Waals surface area contributed by atoms with E-state index in [0.29, 0.717) is 19.7 Å². The molecule has 0 aliphatic heterocycles. The molecule has 0 radical (unpaired) electrons. The van der Waals surface area contributed by atoms with Crippen molar-refractivity contribution in [1.29, 1.82) is 0 Å². The minimum atomic E-state index is -0.814. The highest BCUT2D eigenvalue weighted by Gasteiger charge is 2.10. The van der Waals surface area contributed by atoms with E-state index < -0.39 is 5.97 Å². The Labute approximate surface area is 128 Å². The van der Waals surface area contributed by atoms with Crippen LogP contribution in [0.4, 0.5) is 0 Å². The smallest absolute Gasteiger partial charge is 0.317 e. The standard InChI is InChI=1S/C14H21BrN2O3/c1-16(2)6-7-17(11-14(18)19)8-9-20-13-5-3-4-12(15)10-13/h3-5,10H,6-9,11H2,1-2H3,(H,18,19). The highest BCUT2D eigenvalue weighted by molar-refractivity contribution is 9.10. The zero-order chi connectivity index (χ0) is 15.0. The van der Waals surface area contributed by atoms with Crippen LogP contribution < -0.4 is 4.74 Å². The first kappa shape index (κ1) is 16.9. The molecule has 112 valence electrons. The van der Waals surface area contributed by atoms with E-state index in [1.807, 2.05) is 48.2 Å². The normalized spacial score (nSPS) is 11.1. The molecule has 20 heavy (non-hydrogen) atoms. The number of hydrogen-bond donors (Lipinski definition) is 1. The number of carbonyl (C=O) groups is 1. The van der Waals surface area contributed by atoms with Crippen molar-refractivity contribution >= 4 is 21.9 Å². The summed E-state index contributed by atoms with van der Waals surface area (Å²) in [6.45, 7) is 2.63. The molecule has 0 amide bonds. The minimum Gasteiger partial charge on any atom is -0.492 e. The van der Waals surface area contributed by atoms with E-state index in [4.69, 9.17) is 9.84 Å². The average molecular weight is 345 g/mol. The van der Waals surface area contributed by atoms with Crippen molar-refractivity contribution in [3.63, 3.8) is 0 Å². The van der Waals surface area contributed by atoms with Crippen molar-refractivity contribution in [2.45, 2.75) is 0 Å². The molecule has 5 nitrogen and oxygen atoms in total. The summed E-state index contributed by atoms with van der Waals surface area (Å²) < 4.78 is 6.59. The van der Waals surface area contributed by atoms with Crippen molar-refractivity contribution < 1.29 is 14.6 Å². The number of likely N-dealkylation sites (N-methyl/N-ethyl adjacent to an activating group) is 1. The van der Waals surface area contributed by atoms with Gasteiger partial charge in [-0.25, -0.2) is 0 Å². The molecule has 6 heteroatoms. The predicted molar refractivity (Wildman–Crippen MR) is 82.3 cm³/mol. The van der Waals surface area contributed by atoms with Crippen molar-refractivity contribution in [3.8, 4) is 5.75 Å². The number of carboxylic acids is 1. The van der Waals surface area contributed by atoms with Gasteiger partial charge in [0.15, 0.2) is 0 Å². The number of ether oxygens (including phenoxy) is 1. The van der Waals surface area contributed by atoms with E-state index in [2.05, 4.69) is 15.9 Å². The first-order valence-electron chi connectivity index (χ1n) is 6.44. The Kier molecular flexibility index (Phi) is 7.58. The molecule has 0 fully saturated rings. The van der Waals surface area contributed by atoms with Crippen molar-refractivity contribution in [2.24, 2.45) is 0 Å². The molecule has 0 aliphatic carbocycles. The largest absolute Gasteiger partial charge is 0.492 e. The molecule has 0 bridgehead atoms. The molecular formula is C14H21BrN2O3. The number of aliphatic carboxylic acids is 1. The lowest BCUT2D eigenvalue weighted by molar-refractivity contribution is -0.138. The van der Waals surface area contributed by atoms with Gasteiger partial charge in [-0.1, -0.05) is 22.0 Å². The number of halogens is 1. The molecule has 1 rings (SSSR count). The molecule has 0 unspecified atom stereocenters. The lowest BCUT2D eigenvalue weighted by Gasteiger charge is -2.22. The van der Waals surface area contributed by atoms with Gasteiger partial charge in [0, 0.05) is 24.1 Å². The summed E-state index contributed by atoms with van der Waals surface area (Å²) >= 11 is 3.38. The summed E-state index contributed by atoms with van der Waals surface area (Å²) in [5, 5.41) is 8.90. The maximum absolute atomic E-state index is 10.8. The molecule has 0 aromatic heterocycles. The second kappa shape index (κ2) is 8.94. The fourth-order valence-electron chi connectivity index (χ4n) is 1.65. The molecule has 0 saturated heterocycles. The number of benzene rings is 1. The van der Waals surface area contributed by atoms with Gasteiger partial charge in [0.1, 0.15) is 12.4 Å². The lowest BCUT2D eigenvalue weighted by atomic mass is 10.3. The quantitative estimate of drug-likeness (QED) is 0.739. The Bertz CT molecular complexity index is 427. The fourth-order valence-corrected chi connectivity index (χ4v) is 2.03. The predicted octanol–water partition coefficient (Wildman–Crippen LogP) is 1.78. The van der Waals surface area contributed by atoms with Gasteiger partial charge in [-0.15, -0.1) is 0 Å². The van der Waals surface area contributed by atoms with Gasteiger partial charge in [-0.05, 0) is 32.3 Å². The van der Waals surface area contributed by atoms with Crippen LogP contribution >= 0.6 is 15.9 Å². The zero-order valence-electron chi connectivity index (χ0n) is 11.9. The number of nitrogens with zero attached hydrogens (tertiary/aromatic N) is 2. The Morgan fingerprint density at radius 2 is 2.05 bits per heavy atom.